The monoisotopic (exact) mass is 274 g/mol. The summed E-state index contributed by atoms with van der Waals surface area (Å²) in [5.74, 6) is -0.285. The molecule has 1 unspecified atom stereocenters. The van der Waals surface area contributed by atoms with Gasteiger partial charge >= 0.3 is 0 Å². The van der Waals surface area contributed by atoms with Crippen LogP contribution in [-0.4, -0.2) is 39.1 Å². The van der Waals surface area contributed by atoms with Gasteiger partial charge in [-0.1, -0.05) is 18.2 Å². The van der Waals surface area contributed by atoms with E-state index in [4.69, 9.17) is 0 Å². The molecule has 0 aromatic heterocycles. The second-order valence-corrected chi connectivity index (χ2v) is 6.60. The van der Waals surface area contributed by atoms with Crippen LogP contribution < -0.4 is 5.32 Å². The first-order valence-corrected chi connectivity index (χ1v) is 7.33. The number of nitrogens with zero attached hydrogens (tertiary/aromatic N) is 1. The SMILES string of the molecule is CC(NCCS(=O)(=O)N(C)C)c1ccccc1F. The van der Waals surface area contributed by atoms with Gasteiger partial charge in [-0.2, -0.15) is 0 Å². The molecule has 18 heavy (non-hydrogen) atoms. The molecule has 4 nitrogen and oxygen atoms in total. The fourth-order valence-electron chi connectivity index (χ4n) is 1.52. The smallest absolute Gasteiger partial charge is 0.214 e. The van der Waals surface area contributed by atoms with Gasteiger partial charge in [0.1, 0.15) is 5.82 Å². The van der Waals surface area contributed by atoms with Gasteiger partial charge in [0.05, 0.1) is 5.75 Å². The van der Waals surface area contributed by atoms with E-state index in [2.05, 4.69) is 5.32 Å². The Morgan fingerprint density at radius 3 is 2.50 bits per heavy atom. The van der Waals surface area contributed by atoms with Crippen LogP contribution in [0.3, 0.4) is 0 Å². The maximum atomic E-state index is 13.5. The van der Waals surface area contributed by atoms with Crippen molar-refractivity contribution >= 4 is 10.0 Å². The second kappa shape index (κ2) is 6.26. The fraction of sp³-hybridized carbons (Fsp3) is 0.500. The third kappa shape index (κ3) is 4.04. The number of hydrogen-bond donors (Lipinski definition) is 1. The first-order valence-electron chi connectivity index (χ1n) is 5.72. The summed E-state index contributed by atoms with van der Waals surface area (Å²) in [7, 11) is -0.218. The zero-order valence-corrected chi connectivity index (χ0v) is 11.7. The van der Waals surface area contributed by atoms with Crippen molar-refractivity contribution < 1.29 is 12.8 Å². The minimum atomic E-state index is -3.21. The molecule has 1 atom stereocenters. The van der Waals surface area contributed by atoms with E-state index in [-0.39, 0.29) is 24.2 Å². The number of halogens is 1. The van der Waals surface area contributed by atoms with Crippen molar-refractivity contribution in [3.63, 3.8) is 0 Å². The number of rotatable bonds is 6. The van der Waals surface area contributed by atoms with Crippen molar-refractivity contribution in [3.8, 4) is 0 Å². The van der Waals surface area contributed by atoms with Crippen molar-refractivity contribution in [3.05, 3.63) is 35.6 Å². The van der Waals surface area contributed by atoms with Crippen LogP contribution >= 0.6 is 0 Å². The van der Waals surface area contributed by atoms with Gasteiger partial charge in [0.25, 0.3) is 0 Å². The molecule has 0 saturated carbocycles. The maximum absolute atomic E-state index is 13.5. The first-order chi connectivity index (χ1) is 8.34. The lowest BCUT2D eigenvalue weighted by atomic mass is 10.1. The molecule has 1 N–H and O–H groups in total. The summed E-state index contributed by atoms with van der Waals surface area (Å²) in [6.45, 7) is 2.09. The number of nitrogens with one attached hydrogen (secondary N) is 1. The van der Waals surface area contributed by atoms with Crippen molar-refractivity contribution in [1.29, 1.82) is 0 Å². The summed E-state index contributed by atoms with van der Waals surface area (Å²) >= 11 is 0. The van der Waals surface area contributed by atoms with Gasteiger partial charge in [-0.25, -0.2) is 17.1 Å². The van der Waals surface area contributed by atoms with Gasteiger partial charge in [0, 0.05) is 32.2 Å². The van der Waals surface area contributed by atoms with E-state index >= 15 is 0 Å². The van der Waals surface area contributed by atoms with Gasteiger partial charge in [0.2, 0.25) is 10.0 Å². The minimum absolute atomic E-state index is 0.00120. The molecule has 0 saturated heterocycles. The lowest BCUT2D eigenvalue weighted by Crippen LogP contribution is -2.32. The predicted molar refractivity (Wildman–Crippen MR) is 70.3 cm³/mol. The molecule has 1 rings (SSSR count). The largest absolute Gasteiger partial charge is 0.309 e. The summed E-state index contributed by atoms with van der Waals surface area (Å²) in [5, 5.41) is 3.00. The lowest BCUT2D eigenvalue weighted by Gasteiger charge is -2.16. The Labute approximate surface area is 108 Å². The molecule has 0 bridgehead atoms. The Morgan fingerprint density at radius 1 is 1.33 bits per heavy atom. The Morgan fingerprint density at radius 2 is 1.94 bits per heavy atom. The Hall–Kier alpha value is -0.980. The van der Waals surface area contributed by atoms with E-state index in [1.807, 2.05) is 0 Å². The molecular weight excluding hydrogens is 255 g/mol. The Kier molecular flexibility index (Phi) is 5.25. The highest BCUT2D eigenvalue weighted by Crippen LogP contribution is 2.15. The summed E-state index contributed by atoms with van der Waals surface area (Å²) in [5.41, 5.74) is 0.541. The van der Waals surface area contributed by atoms with E-state index in [9.17, 15) is 12.8 Å². The minimum Gasteiger partial charge on any atom is -0.309 e. The Bertz CT molecular complexity index is 489. The maximum Gasteiger partial charge on any atom is 0.214 e. The molecule has 0 aliphatic carbocycles. The van der Waals surface area contributed by atoms with E-state index in [0.29, 0.717) is 5.56 Å². The van der Waals surface area contributed by atoms with E-state index in [0.717, 1.165) is 0 Å². The molecule has 1 aromatic carbocycles. The summed E-state index contributed by atoms with van der Waals surface area (Å²) in [4.78, 5) is 0. The molecule has 0 heterocycles. The van der Waals surface area contributed by atoms with Crippen molar-refractivity contribution in [2.75, 3.05) is 26.4 Å². The van der Waals surface area contributed by atoms with Crippen LogP contribution in [0, 0.1) is 5.82 Å². The lowest BCUT2D eigenvalue weighted by molar-refractivity contribution is 0.507. The quantitative estimate of drug-likeness (QED) is 0.852. The highest BCUT2D eigenvalue weighted by Gasteiger charge is 2.15. The van der Waals surface area contributed by atoms with E-state index < -0.39 is 10.0 Å². The van der Waals surface area contributed by atoms with Gasteiger partial charge < -0.3 is 5.32 Å². The predicted octanol–water partition coefficient (Wildman–Crippen LogP) is 1.37. The second-order valence-electron chi connectivity index (χ2n) is 4.30. The van der Waals surface area contributed by atoms with Gasteiger partial charge in [0.15, 0.2) is 0 Å². The van der Waals surface area contributed by atoms with Crippen LogP contribution in [0.2, 0.25) is 0 Å². The highest BCUT2D eigenvalue weighted by atomic mass is 32.2. The van der Waals surface area contributed by atoms with Crippen LogP contribution in [0.5, 0.6) is 0 Å². The summed E-state index contributed by atoms with van der Waals surface area (Å²) in [6.07, 6.45) is 0. The molecular formula is C12H19FN2O2S. The van der Waals surface area contributed by atoms with Crippen molar-refractivity contribution in [1.82, 2.24) is 9.62 Å². The van der Waals surface area contributed by atoms with Crippen LogP contribution in [0.25, 0.3) is 0 Å². The molecule has 0 aliphatic heterocycles. The summed E-state index contributed by atoms with van der Waals surface area (Å²) < 4.78 is 37.7. The molecule has 0 amide bonds. The van der Waals surface area contributed by atoms with Crippen LogP contribution in [-0.2, 0) is 10.0 Å². The molecule has 0 spiro atoms. The third-order valence-electron chi connectivity index (χ3n) is 2.74. The molecule has 0 radical (unpaired) electrons. The fourth-order valence-corrected chi connectivity index (χ4v) is 2.26. The molecule has 0 aliphatic rings. The van der Waals surface area contributed by atoms with Crippen molar-refractivity contribution in [2.24, 2.45) is 0 Å². The zero-order chi connectivity index (χ0) is 13.8. The molecule has 0 fully saturated rings. The molecule has 6 heteroatoms. The number of sulfonamides is 1. The van der Waals surface area contributed by atoms with Gasteiger partial charge in [-0.15, -0.1) is 0 Å². The molecule has 102 valence electrons. The number of hydrogen-bond acceptors (Lipinski definition) is 3. The molecule has 1 aromatic rings. The standard InChI is InChI=1S/C12H19FN2O2S/c1-10(11-6-4-5-7-12(11)13)14-8-9-18(16,17)15(2)3/h4-7,10,14H,8-9H2,1-3H3. The number of benzene rings is 1. The van der Waals surface area contributed by atoms with E-state index in [1.165, 1.54) is 24.5 Å². The topological polar surface area (TPSA) is 49.4 Å². The Balaban J connectivity index is 2.53. The van der Waals surface area contributed by atoms with Crippen LogP contribution in [0.1, 0.15) is 18.5 Å². The average Bonchev–Trinajstić information content (AvgIpc) is 2.29. The average molecular weight is 274 g/mol. The van der Waals surface area contributed by atoms with Gasteiger partial charge in [-0.3, -0.25) is 0 Å². The first kappa shape index (κ1) is 15.1. The third-order valence-corrected chi connectivity index (χ3v) is 4.57. The highest BCUT2D eigenvalue weighted by molar-refractivity contribution is 7.89. The zero-order valence-electron chi connectivity index (χ0n) is 10.9. The van der Waals surface area contributed by atoms with Crippen LogP contribution in [0.4, 0.5) is 4.39 Å². The van der Waals surface area contributed by atoms with Crippen molar-refractivity contribution in [2.45, 2.75) is 13.0 Å². The van der Waals surface area contributed by atoms with E-state index in [1.54, 1.807) is 25.1 Å². The summed E-state index contributed by atoms with van der Waals surface area (Å²) in [6, 6.07) is 6.25. The normalized spacial score (nSPS) is 13.8. The van der Waals surface area contributed by atoms with Crippen LogP contribution in [0.15, 0.2) is 24.3 Å². The van der Waals surface area contributed by atoms with Gasteiger partial charge in [-0.05, 0) is 13.0 Å².